The first-order chi connectivity index (χ1) is 9.08. The number of benzene rings is 2. The molecule has 2 rings (SSSR count). The van der Waals surface area contributed by atoms with Gasteiger partial charge in [-0.2, -0.15) is 5.26 Å². The van der Waals surface area contributed by atoms with E-state index in [1.165, 1.54) is 12.1 Å². The highest BCUT2D eigenvalue weighted by Gasteiger charge is 2.03. The van der Waals surface area contributed by atoms with Crippen molar-refractivity contribution in [1.29, 1.82) is 5.26 Å². The number of hydrogen-bond donors (Lipinski definition) is 1. The van der Waals surface area contributed by atoms with Crippen molar-refractivity contribution in [1.82, 2.24) is 0 Å². The molecule has 0 heterocycles. The molecular formula is C14H9BrClFN2. The summed E-state index contributed by atoms with van der Waals surface area (Å²) in [7, 11) is 0. The zero-order chi connectivity index (χ0) is 13.8. The molecule has 0 bridgehead atoms. The molecule has 0 aliphatic heterocycles. The maximum absolute atomic E-state index is 13.3. The maximum atomic E-state index is 13.3. The Hall–Kier alpha value is -1.57. The van der Waals surface area contributed by atoms with E-state index in [1.807, 2.05) is 12.1 Å². The molecule has 2 aromatic carbocycles. The molecule has 0 aliphatic carbocycles. The number of nitrogens with one attached hydrogen (secondary N) is 1. The molecular weight excluding hydrogens is 331 g/mol. The Morgan fingerprint density at radius 3 is 2.74 bits per heavy atom. The average molecular weight is 340 g/mol. The van der Waals surface area contributed by atoms with E-state index in [0.29, 0.717) is 22.7 Å². The van der Waals surface area contributed by atoms with E-state index in [1.54, 1.807) is 18.2 Å². The smallest absolute Gasteiger partial charge is 0.124 e. The van der Waals surface area contributed by atoms with Crippen LogP contribution < -0.4 is 5.32 Å². The molecule has 1 N–H and O–H groups in total. The van der Waals surface area contributed by atoms with Crippen LogP contribution in [0, 0.1) is 17.1 Å². The van der Waals surface area contributed by atoms with E-state index >= 15 is 0 Å². The van der Waals surface area contributed by atoms with Crippen LogP contribution in [-0.2, 0) is 6.54 Å². The summed E-state index contributed by atoms with van der Waals surface area (Å²) in [5.74, 6) is -0.411. The number of nitriles is 1. The normalized spacial score (nSPS) is 10.0. The second-order valence-electron chi connectivity index (χ2n) is 3.94. The van der Waals surface area contributed by atoms with Gasteiger partial charge in [0.05, 0.1) is 11.6 Å². The van der Waals surface area contributed by atoms with E-state index in [2.05, 4.69) is 21.2 Å². The van der Waals surface area contributed by atoms with Crippen LogP contribution >= 0.6 is 27.5 Å². The highest BCUT2D eigenvalue weighted by atomic mass is 79.9. The van der Waals surface area contributed by atoms with Gasteiger partial charge in [0.2, 0.25) is 0 Å². The fourth-order valence-corrected chi connectivity index (χ4v) is 2.47. The molecule has 0 unspecified atom stereocenters. The van der Waals surface area contributed by atoms with Crippen LogP contribution in [0.2, 0.25) is 5.02 Å². The average Bonchev–Trinajstić information content (AvgIpc) is 2.37. The lowest BCUT2D eigenvalue weighted by molar-refractivity contribution is 0.625. The standard InChI is InChI=1S/C14H9BrClFN2/c15-13-6-11(16)1-2-14(13)19-8-10-3-9(7-18)4-12(17)5-10/h1-6,19H,8H2. The molecule has 0 amide bonds. The monoisotopic (exact) mass is 338 g/mol. The minimum Gasteiger partial charge on any atom is -0.380 e. The van der Waals surface area contributed by atoms with Gasteiger partial charge in [0.15, 0.2) is 0 Å². The molecule has 19 heavy (non-hydrogen) atoms. The lowest BCUT2D eigenvalue weighted by Gasteiger charge is -2.09. The SMILES string of the molecule is N#Cc1cc(F)cc(CNc2ccc(Cl)cc2Br)c1. The number of rotatable bonds is 3. The Morgan fingerprint density at radius 2 is 2.05 bits per heavy atom. The van der Waals surface area contributed by atoms with E-state index in [9.17, 15) is 4.39 Å². The second kappa shape index (κ2) is 6.05. The quantitative estimate of drug-likeness (QED) is 0.878. The molecule has 0 fully saturated rings. The molecule has 0 radical (unpaired) electrons. The fourth-order valence-electron chi connectivity index (χ4n) is 1.65. The summed E-state index contributed by atoms with van der Waals surface area (Å²) in [6.45, 7) is 0.423. The van der Waals surface area contributed by atoms with Crippen LogP contribution in [0.3, 0.4) is 0 Å². The van der Waals surface area contributed by atoms with Gasteiger partial charge in [-0.15, -0.1) is 0 Å². The Balaban J connectivity index is 2.14. The maximum Gasteiger partial charge on any atom is 0.124 e. The highest BCUT2D eigenvalue weighted by molar-refractivity contribution is 9.10. The van der Waals surface area contributed by atoms with Crippen molar-refractivity contribution in [3.05, 3.63) is 62.8 Å². The molecule has 2 nitrogen and oxygen atoms in total. The summed E-state index contributed by atoms with van der Waals surface area (Å²) in [6.07, 6.45) is 0. The van der Waals surface area contributed by atoms with E-state index in [0.717, 1.165) is 10.2 Å². The summed E-state index contributed by atoms with van der Waals surface area (Å²) in [6, 6.07) is 11.6. The predicted octanol–water partition coefficient (Wildman–Crippen LogP) is 4.73. The van der Waals surface area contributed by atoms with Crippen molar-refractivity contribution in [3.8, 4) is 6.07 Å². The van der Waals surface area contributed by atoms with Crippen molar-refractivity contribution in [2.75, 3.05) is 5.32 Å². The Bertz CT molecular complexity index is 652. The van der Waals surface area contributed by atoms with Crippen molar-refractivity contribution < 1.29 is 4.39 Å². The van der Waals surface area contributed by atoms with Crippen LogP contribution in [0.4, 0.5) is 10.1 Å². The van der Waals surface area contributed by atoms with Crippen molar-refractivity contribution in [3.63, 3.8) is 0 Å². The van der Waals surface area contributed by atoms with E-state index < -0.39 is 5.82 Å². The zero-order valence-electron chi connectivity index (χ0n) is 9.75. The number of nitrogens with zero attached hydrogens (tertiary/aromatic N) is 1. The third kappa shape index (κ3) is 3.69. The minimum absolute atomic E-state index is 0.312. The number of hydrogen-bond acceptors (Lipinski definition) is 2. The lowest BCUT2D eigenvalue weighted by atomic mass is 10.1. The van der Waals surface area contributed by atoms with Gasteiger partial charge in [0.25, 0.3) is 0 Å². The number of anilines is 1. The van der Waals surface area contributed by atoms with Gasteiger partial charge in [0, 0.05) is 21.7 Å². The third-order valence-corrected chi connectivity index (χ3v) is 3.39. The van der Waals surface area contributed by atoms with E-state index in [-0.39, 0.29) is 0 Å². The highest BCUT2D eigenvalue weighted by Crippen LogP contribution is 2.26. The van der Waals surface area contributed by atoms with Crippen LogP contribution in [0.25, 0.3) is 0 Å². The van der Waals surface area contributed by atoms with Gasteiger partial charge in [0.1, 0.15) is 5.82 Å². The molecule has 5 heteroatoms. The van der Waals surface area contributed by atoms with Gasteiger partial charge in [-0.3, -0.25) is 0 Å². The van der Waals surface area contributed by atoms with Crippen LogP contribution in [0.1, 0.15) is 11.1 Å². The minimum atomic E-state index is -0.411. The van der Waals surface area contributed by atoms with Crippen LogP contribution in [-0.4, -0.2) is 0 Å². The number of halogens is 3. The summed E-state index contributed by atoms with van der Waals surface area (Å²) in [4.78, 5) is 0. The summed E-state index contributed by atoms with van der Waals surface area (Å²) in [5.41, 5.74) is 1.87. The Kier molecular flexibility index (Phi) is 4.41. The van der Waals surface area contributed by atoms with Gasteiger partial charge in [-0.1, -0.05) is 11.6 Å². The van der Waals surface area contributed by atoms with Crippen LogP contribution in [0.15, 0.2) is 40.9 Å². The molecule has 0 saturated carbocycles. The molecule has 0 aliphatic rings. The Labute approximate surface area is 123 Å². The molecule has 0 aromatic heterocycles. The zero-order valence-corrected chi connectivity index (χ0v) is 12.1. The summed E-state index contributed by atoms with van der Waals surface area (Å²) < 4.78 is 14.1. The molecule has 96 valence electrons. The van der Waals surface area contributed by atoms with Gasteiger partial charge >= 0.3 is 0 Å². The Morgan fingerprint density at radius 1 is 1.26 bits per heavy atom. The largest absolute Gasteiger partial charge is 0.380 e. The first-order valence-corrected chi connectivity index (χ1v) is 6.64. The molecule has 0 atom stereocenters. The lowest BCUT2D eigenvalue weighted by Crippen LogP contribution is -2.01. The van der Waals surface area contributed by atoms with Gasteiger partial charge < -0.3 is 5.32 Å². The predicted molar refractivity (Wildman–Crippen MR) is 77.6 cm³/mol. The van der Waals surface area contributed by atoms with Gasteiger partial charge in [-0.05, 0) is 57.9 Å². The first kappa shape index (κ1) is 13.9. The topological polar surface area (TPSA) is 35.8 Å². The van der Waals surface area contributed by atoms with Crippen molar-refractivity contribution in [2.45, 2.75) is 6.54 Å². The first-order valence-electron chi connectivity index (χ1n) is 5.47. The van der Waals surface area contributed by atoms with Crippen molar-refractivity contribution in [2.24, 2.45) is 0 Å². The van der Waals surface area contributed by atoms with Gasteiger partial charge in [-0.25, -0.2) is 4.39 Å². The van der Waals surface area contributed by atoms with E-state index in [4.69, 9.17) is 16.9 Å². The molecule has 0 saturated heterocycles. The molecule has 2 aromatic rings. The second-order valence-corrected chi connectivity index (χ2v) is 5.23. The summed E-state index contributed by atoms with van der Waals surface area (Å²) in [5, 5.41) is 12.6. The summed E-state index contributed by atoms with van der Waals surface area (Å²) >= 11 is 9.24. The van der Waals surface area contributed by atoms with Crippen molar-refractivity contribution >= 4 is 33.2 Å². The van der Waals surface area contributed by atoms with Crippen LogP contribution in [0.5, 0.6) is 0 Å². The third-order valence-electron chi connectivity index (χ3n) is 2.50. The fraction of sp³-hybridized carbons (Fsp3) is 0.0714. The molecule has 0 spiro atoms.